The van der Waals surface area contributed by atoms with Crippen molar-refractivity contribution >= 4 is 23.4 Å². The van der Waals surface area contributed by atoms with Crippen LogP contribution in [-0.2, 0) is 11.3 Å². The summed E-state index contributed by atoms with van der Waals surface area (Å²) in [5, 5.41) is 13.8. The summed E-state index contributed by atoms with van der Waals surface area (Å²) in [6.07, 6.45) is 5.79. The summed E-state index contributed by atoms with van der Waals surface area (Å²) in [4.78, 5) is 16.4. The van der Waals surface area contributed by atoms with Gasteiger partial charge in [-0.05, 0) is 72.8 Å². The SMILES string of the molecule is CC(=O)Nc1ccccc1-c1ccc2c(c1)Sc1c(O)cccc1C2C1CCN(Cc2ccoc2)CC1. The highest BCUT2D eigenvalue weighted by molar-refractivity contribution is 7.99. The van der Waals surface area contributed by atoms with Crippen LogP contribution in [0.25, 0.3) is 11.1 Å². The van der Waals surface area contributed by atoms with E-state index in [9.17, 15) is 9.90 Å². The van der Waals surface area contributed by atoms with Gasteiger partial charge < -0.3 is 14.8 Å². The standard InChI is InChI=1S/C31H30N2O3S/c1-20(34)32-27-7-3-2-5-24(27)23-9-10-25-29(17-23)37-31-26(6-4-8-28(31)35)30(25)22-11-14-33(15-12-22)18-21-13-16-36-19-21/h2-10,13,16-17,19,22,30,35H,11-12,14-15,18H2,1H3,(H,32,34). The number of furan rings is 1. The molecule has 0 spiro atoms. The predicted octanol–water partition coefficient (Wildman–Crippen LogP) is 7.12. The number of para-hydroxylation sites is 1. The number of likely N-dealkylation sites (tertiary alicyclic amines) is 1. The minimum absolute atomic E-state index is 0.0854. The van der Waals surface area contributed by atoms with Crippen LogP contribution in [0, 0.1) is 5.92 Å². The number of amides is 1. The molecule has 0 radical (unpaired) electrons. The van der Waals surface area contributed by atoms with Crippen molar-refractivity contribution in [1.82, 2.24) is 4.90 Å². The number of fused-ring (bicyclic) bond motifs is 2. The van der Waals surface area contributed by atoms with Crippen LogP contribution in [0.2, 0.25) is 0 Å². The molecule has 0 saturated carbocycles. The number of rotatable bonds is 5. The van der Waals surface area contributed by atoms with Crippen LogP contribution >= 0.6 is 11.8 Å². The minimum Gasteiger partial charge on any atom is -0.507 e. The fourth-order valence-corrected chi connectivity index (χ4v) is 7.05. The highest BCUT2D eigenvalue weighted by atomic mass is 32.2. The Morgan fingerprint density at radius 3 is 2.68 bits per heavy atom. The van der Waals surface area contributed by atoms with Gasteiger partial charge in [0.25, 0.3) is 0 Å². The highest BCUT2D eigenvalue weighted by Gasteiger charge is 2.35. The van der Waals surface area contributed by atoms with E-state index in [0.29, 0.717) is 11.7 Å². The van der Waals surface area contributed by atoms with Gasteiger partial charge in [-0.25, -0.2) is 0 Å². The molecule has 37 heavy (non-hydrogen) atoms. The van der Waals surface area contributed by atoms with E-state index in [-0.39, 0.29) is 11.8 Å². The van der Waals surface area contributed by atoms with Gasteiger partial charge in [-0.2, -0.15) is 0 Å². The van der Waals surface area contributed by atoms with Gasteiger partial charge in [0.1, 0.15) is 5.75 Å². The Hall–Kier alpha value is -3.48. The number of piperidine rings is 1. The molecule has 0 aliphatic carbocycles. The van der Waals surface area contributed by atoms with Crippen LogP contribution in [0.4, 0.5) is 5.69 Å². The fourth-order valence-electron chi connectivity index (χ4n) is 5.85. The van der Waals surface area contributed by atoms with Crippen molar-refractivity contribution in [3.63, 3.8) is 0 Å². The molecule has 1 atom stereocenters. The number of hydrogen-bond donors (Lipinski definition) is 2. The molecule has 4 aromatic rings. The van der Waals surface area contributed by atoms with E-state index < -0.39 is 0 Å². The number of nitrogens with one attached hydrogen (secondary N) is 1. The molecule has 2 N–H and O–H groups in total. The predicted molar refractivity (Wildman–Crippen MR) is 147 cm³/mol. The van der Waals surface area contributed by atoms with Crippen molar-refractivity contribution in [3.05, 3.63) is 95.9 Å². The first-order valence-electron chi connectivity index (χ1n) is 12.8. The summed E-state index contributed by atoms with van der Waals surface area (Å²) < 4.78 is 5.26. The molecule has 1 amide bonds. The molecule has 5 nitrogen and oxygen atoms in total. The van der Waals surface area contributed by atoms with E-state index in [1.807, 2.05) is 42.7 Å². The van der Waals surface area contributed by atoms with Gasteiger partial charge in [-0.1, -0.05) is 54.2 Å². The average molecular weight is 511 g/mol. The lowest BCUT2D eigenvalue weighted by atomic mass is 9.75. The molecule has 3 heterocycles. The maximum Gasteiger partial charge on any atom is 0.221 e. The Kier molecular flexibility index (Phi) is 6.53. The molecule has 1 fully saturated rings. The van der Waals surface area contributed by atoms with E-state index in [4.69, 9.17) is 4.42 Å². The van der Waals surface area contributed by atoms with E-state index in [2.05, 4.69) is 34.5 Å². The number of nitrogens with zero attached hydrogens (tertiary/aromatic N) is 1. The first-order valence-corrected chi connectivity index (χ1v) is 13.6. The molecule has 2 aliphatic heterocycles. The zero-order valence-electron chi connectivity index (χ0n) is 20.8. The van der Waals surface area contributed by atoms with E-state index in [1.165, 1.54) is 28.5 Å². The summed E-state index contributed by atoms with van der Waals surface area (Å²) in [7, 11) is 0. The number of hydrogen-bond acceptors (Lipinski definition) is 5. The topological polar surface area (TPSA) is 65.7 Å². The second kappa shape index (κ2) is 10.1. The van der Waals surface area contributed by atoms with Crippen LogP contribution < -0.4 is 5.32 Å². The zero-order chi connectivity index (χ0) is 25.4. The van der Waals surface area contributed by atoms with Crippen LogP contribution in [0.15, 0.2) is 93.5 Å². The Labute approximate surface area is 221 Å². The molecule has 0 bridgehead atoms. The largest absolute Gasteiger partial charge is 0.507 e. The summed E-state index contributed by atoms with van der Waals surface area (Å²) in [5.41, 5.74) is 6.64. The first kappa shape index (κ1) is 23.9. The quantitative estimate of drug-likeness (QED) is 0.299. The van der Waals surface area contributed by atoms with Crippen LogP contribution in [0.1, 0.15) is 42.4 Å². The molecule has 1 saturated heterocycles. The fraction of sp³-hybridized carbons (Fsp3) is 0.258. The summed E-state index contributed by atoms with van der Waals surface area (Å²) in [5.74, 6) is 1.00. The number of phenols is 1. The summed E-state index contributed by atoms with van der Waals surface area (Å²) >= 11 is 1.65. The van der Waals surface area contributed by atoms with Crippen LogP contribution in [-0.4, -0.2) is 29.0 Å². The smallest absolute Gasteiger partial charge is 0.221 e. The Morgan fingerprint density at radius 2 is 1.89 bits per heavy atom. The lowest BCUT2D eigenvalue weighted by Gasteiger charge is -2.39. The van der Waals surface area contributed by atoms with Crippen LogP contribution in [0.3, 0.4) is 0 Å². The molecular formula is C31H30N2O3S. The number of aromatic hydroxyl groups is 1. The van der Waals surface area contributed by atoms with Gasteiger partial charge in [0.15, 0.2) is 0 Å². The van der Waals surface area contributed by atoms with E-state index in [1.54, 1.807) is 24.1 Å². The second-order valence-electron chi connectivity index (χ2n) is 10.00. The average Bonchev–Trinajstić information content (AvgIpc) is 3.41. The van der Waals surface area contributed by atoms with Gasteiger partial charge in [0.2, 0.25) is 5.91 Å². The van der Waals surface area contributed by atoms with Gasteiger partial charge in [0.05, 0.1) is 17.4 Å². The van der Waals surface area contributed by atoms with Gasteiger partial charge in [-0.15, -0.1) is 0 Å². The molecule has 1 aromatic heterocycles. The molecule has 3 aromatic carbocycles. The normalized spacial score (nSPS) is 17.7. The van der Waals surface area contributed by atoms with Crippen LogP contribution in [0.5, 0.6) is 5.75 Å². The zero-order valence-corrected chi connectivity index (χ0v) is 21.6. The maximum atomic E-state index is 11.8. The van der Waals surface area contributed by atoms with Crippen molar-refractivity contribution < 1.29 is 14.3 Å². The van der Waals surface area contributed by atoms with Crippen molar-refractivity contribution in [1.29, 1.82) is 0 Å². The van der Waals surface area contributed by atoms with Crippen molar-refractivity contribution in [2.45, 2.75) is 42.0 Å². The van der Waals surface area contributed by atoms with E-state index in [0.717, 1.165) is 54.2 Å². The van der Waals surface area contributed by atoms with Gasteiger partial charge in [0, 0.05) is 41.1 Å². The number of anilines is 1. The molecule has 1 unspecified atom stereocenters. The molecule has 2 aliphatic rings. The lowest BCUT2D eigenvalue weighted by Crippen LogP contribution is -2.35. The number of carbonyl (C=O) groups is 1. The molecule has 188 valence electrons. The third-order valence-electron chi connectivity index (χ3n) is 7.56. The van der Waals surface area contributed by atoms with Gasteiger partial charge in [-0.3, -0.25) is 9.69 Å². The lowest BCUT2D eigenvalue weighted by molar-refractivity contribution is -0.114. The third-order valence-corrected chi connectivity index (χ3v) is 8.78. The third kappa shape index (κ3) is 4.79. The maximum absolute atomic E-state index is 11.8. The number of phenolic OH excluding ortho intramolecular Hbond substituents is 1. The Morgan fingerprint density at radius 1 is 1.05 bits per heavy atom. The van der Waals surface area contributed by atoms with Crippen molar-refractivity contribution in [2.75, 3.05) is 18.4 Å². The molecule has 6 heteroatoms. The Bertz CT molecular complexity index is 1420. The summed E-state index contributed by atoms with van der Waals surface area (Å²) in [6.45, 7) is 4.55. The number of benzene rings is 3. The minimum atomic E-state index is -0.0854. The first-order chi connectivity index (χ1) is 18.1. The Balaban J connectivity index is 1.33. The van der Waals surface area contributed by atoms with Crippen molar-refractivity contribution in [2.24, 2.45) is 5.92 Å². The number of carbonyl (C=O) groups excluding carboxylic acids is 1. The van der Waals surface area contributed by atoms with Gasteiger partial charge >= 0.3 is 0 Å². The van der Waals surface area contributed by atoms with Crippen molar-refractivity contribution in [3.8, 4) is 16.9 Å². The molecule has 6 rings (SSSR count). The van der Waals surface area contributed by atoms with E-state index >= 15 is 0 Å². The monoisotopic (exact) mass is 510 g/mol. The summed E-state index contributed by atoms with van der Waals surface area (Å²) in [6, 6.07) is 22.6. The second-order valence-corrected chi connectivity index (χ2v) is 11.1. The highest BCUT2D eigenvalue weighted by Crippen LogP contribution is 2.54. The molecular weight excluding hydrogens is 480 g/mol.